The minimum absolute atomic E-state index is 0. The second-order valence-corrected chi connectivity index (χ2v) is 9.67. The number of allylic oxidation sites excluding steroid dienone is 4. The zero-order valence-corrected chi connectivity index (χ0v) is 22.4. The van der Waals surface area contributed by atoms with E-state index in [0.717, 1.165) is 6.42 Å². The molecule has 2 aromatic carbocycles. The summed E-state index contributed by atoms with van der Waals surface area (Å²) in [4.78, 5) is 0. The van der Waals surface area contributed by atoms with Crippen LogP contribution in [0.3, 0.4) is 0 Å². The molecule has 1 aliphatic rings. The van der Waals surface area contributed by atoms with E-state index in [1.165, 1.54) is 66.3 Å². The first-order valence-corrected chi connectivity index (χ1v) is 12.1. The summed E-state index contributed by atoms with van der Waals surface area (Å²) in [6.07, 6.45) is 15.9. The van der Waals surface area contributed by atoms with Gasteiger partial charge in [0.2, 0.25) is 0 Å². The van der Waals surface area contributed by atoms with E-state index in [2.05, 4.69) is 76.2 Å². The first kappa shape index (κ1) is 31.2. The molecule has 0 fully saturated rings. The monoisotopic (exact) mass is 484 g/mol. The molecule has 2 aromatic rings. The van der Waals surface area contributed by atoms with E-state index in [4.69, 9.17) is 0 Å². The van der Waals surface area contributed by atoms with E-state index in [1.54, 1.807) is 5.30 Å². The second-order valence-electron chi connectivity index (χ2n) is 7.18. The van der Waals surface area contributed by atoms with E-state index in [9.17, 15) is 0 Å². The molecule has 0 radical (unpaired) electrons. The van der Waals surface area contributed by atoms with Gasteiger partial charge in [-0.15, -0.1) is 53.7 Å². The number of benzene rings is 1. The number of rotatable bonds is 8. The molecule has 0 saturated carbocycles. The van der Waals surface area contributed by atoms with Gasteiger partial charge in [-0.1, -0.05) is 66.9 Å². The van der Waals surface area contributed by atoms with E-state index >= 15 is 0 Å². The summed E-state index contributed by atoms with van der Waals surface area (Å²) in [6.45, 7) is 9.01. The van der Waals surface area contributed by atoms with Crippen LogP contribution in [-0.2, 0) is 21.7 Å². The number of halogens is 2. The molecule has 0 unspecified atom stereocenters. The van der Waals surface area contributed by atoms with Gasteiger partial charge in [0.15, 0.2) is 0 Å². The van der Waals surface area contributed by atoms with Crippen LogP contribution < -0.4 is 30.1 Å². The van der Waals surface area contributed by atoms with Gasteiger partial charge in [-0.3, -0.25) is 6.08 Å². The standard InChI is InChI=1S/C15H20P.C10H15.2ClH.Ti/c1-3-9-16(10-4-2)15-11-13-7-5-6-8-14(13)12-15;1-3-4-7-10-8-5-6-9(10)2;;;/h5-8,11-12H,3-4,9-10H2,1-2H3;6H,3-5,7H2,1-2H3;2*1H;/q2*-1;;;+4/p-2. The maximum atomic E-state index is 3.37. The van der Waals surface area contributed by atoms with Crippen LogP contribution in [0.2, 0.25) is 0 Å². The molecule has 3 rings (SSSR count). The molecule has 0 nitrogen and oxygen atoms in total. The summed E-state index contributed by atoms with van der Waals surface area (Å²) >= 11 is 0. The van der Waals surface area contributed by atoms with Crippen LogP contribution in [0.1, 0.15) is 66.2 Å². The predicted octanol–water partition coefficient (Wildman–Crippen LogP) is 1.75. The maximum Gasteiger partial charge on any atom is 4.00 e. The molecule has 0 aliphatic heterocycles. The molecule has 0 amide bonds. The van der Waals surface area contributed by atoms with Crippen LogP contribution in [0.25, 0.3) is 10.8 Å². The molecule has 29 heavy (non-hydrogen) atoms. The van der Waals surface area contributed by atoms with Crippen molar-refractivity contribution in [2.45, 2.75) is 66.2 Å². The largest absolute Gasteiger partial charge is 4.00 e. The topological polar surface area (TPSA) is 0 Å². The van der Waals surface area contributed by atoms with E-state index in [0.29, 0.717) is 0 Å². The molecule has 0 atom stereocenters. The number of fused-ring (bicyclic) bond motifs is 1. The van der Waals surface area contributed by atoms with Crippen LogP contribution in [0.15, 0.2) is 53.6 Å². The van der Waals surface area contributed by atoms with Crippen molar-refractivity contribution in [1.29, 1.82) is 0 Å². The van der Waals surface area contributed by atoms with Gasteiger partial charge in [-0.2, -0.15) is 12.1 Å². The Kier molecular flexibility index (Phi) is 19.0. The molecule has 1 aliphatic carbocycles. The Bertz CT molecular complexity index is 694. The smallest absolute Gasteiger partial charge is 1.00 e. The Hall–Kier alpha value is 0.0343. The summed E-state index contributed by atoms with van der Waals surface area (Å²) in [6, 6.07) is 13.5. The summed E-state index contributed by atoms with van der Waals surface area (Å²) in [7, 11) is 0.0972. The third-order valence-electron chi connectivity index (χ3n) is 4.94. The minimum atomic E-state index is 0. The second kappa shape index (κ2) is 17.7. The third-order valence-corrected chi connectivity index (χ3v) is 7.90. The zero-order valence-electron chi connectivity index (χ0n) is 18.4. The van der Waals surface area contributed by atoms with Gasteiger partial charge in [0.1, 0.15) is 0 Å². The summed E-state index contributed by atoms with van der Waals surface area (Å²) in [5.41, 5.74) is 2.91. The zero-order chi connectivity index (χ0) is 18.8. The van der Waals surface area contributed by atoms with Crippen molar-refractivity contribution in [2.75, 3.05) is 12.3 Å². The molecule has 0 heterocycles. The van der Waals surface area contributed by atoms with Gasteiger partial charge < -0.3 is 24.8 Å². The van der Waals surface area contributed by atoms with Gasteiger partial charge in [0, 0.05) is 0 Å². The summed E-state index contributed by atoms with van der Waals surface area (Å²) in [5, 5.41) is 4.44. The first-order chi connectivity index (χ1) is 12.7. The van der Waals surface area contributed by atoms with Crippen molar-refractivity contribution in [3.05, 3.63) is 59.7 Å². The fourth-order valence-corrected chi connectivity index (χ4v) is 5.92. The molecule has 0 bridgehead atoms. The Morgan fingerprint density at radius 3 is 2.17 bits per heavy atom. The number of unbranched alkanes of at least 4 members (excludes halogenated alkanes) is 1. The molecule has 0 aromatic heterocycles. The molecule has 0 N–H and O–H groups in total. The van der Waals surface area contributed by atoms with Crippen molar-refractivity contribution in [3.8, 4) is 0 Å². The first-order valence-electron chi connectivity index (χ1n) is 10.4. The molecule has 158 valence electrons. The van der Waals surface area contributed by atoms with Crippen molar-refractivity contribution >= 4 is 24.0 Å². The van der Waals surface area contributed by atoms with Gasteiger partial charge in [-0.05, 0) is 12.3 Å². The molecular formula is C25H35Cl2PTi. The molecule has 0 saturated heterocycles. The average molecular weight is 485 g/mol. The average Bonchev–Trinajstić information content (AvgIpc) is 3.26. The van der Waals surface area contributed by atoms with Crippen LogP contribution in [0.4, 0.5) is 0 Å². The maximum absolute atomic E-state index is 3.37. The van der Waals surface area contributed by atoms with Crippen molar-refractivity contribution in [1.82, 2.24) is 0 Å². The van der Waals surface area contributed by atoms with E-state index < -0.39 is 0 Å². The predicted molar refractivity (Wildman–Crippen MR) is 121 cm³/mol. The van der Waals surface area contributed by atoms with Gasteiger partial charge in [-0.25, -0.2) is 11.1 Å². The molecular weight excluding hydrogens is 450 g/mol. The van der Waals surface area contributed by atoms with Gasteiger partial charge >= 0.3 is 21.7 Å². The van der Waals surface area contributed by atoms with Gasteiger partial charge in [0.05, 0.1) is 0 Å². The van der Waals surface area contributed by atoms with Crippen LogP contribution in [0, 0.1) is 6.08 Å². The summed E-state index contributed by atoms with van der Waals surface area (Å²) < 4.78 is 0. The molecule has 4 heteroatoms. The molecule has 0 spiro atoms. The van der Waals surface area contributed by atoms with Crippen molar-refractivity contribution in [2.24, 2.45) is 0 Å². The summed E-state index contributed by atoms with van der Waals surface area (Å²) in [5.74, 6) is 0. The van der Waals surface area contributed by atoms with Crippen molar-refractivity contribution < 1.29 is 46.5 Å². The SMILES string of the molecule is CCCCC1=[C-]CC=C1C.CCCP(CCC)c1cc2ccccc2[cH-]1.[Cl-].[Cl-].[Ti+4]. The normalized spacial score (nSPS) is 12.2. The van der Waals surface area contributed by atoms with Crippen LogP contribution in [-0.4, -0.2) is 12.3 Å². The minimum Gasteiger partial charge on any atom is -1.00 e. The Labute approximate surface area is 207 Å². The third kappa shape index (κ3) is 10.3. The van der Waals surface area contributed by atoms with Crippen LogP contribution in [0.5, 0.6) is 0 Å². The Morgan fingerprint density at radius 1 is 1.00 bits per heavy atom. The van der Waals surface area contributed by atoms with E-state index in [-0.39, 0.29) is 54.5 Å². The Morgan fingerprint density at radius 2 is 1.66 bits per heavy atom. The fourth-order valence-electron chi connectivity index (χ4n) is 3.46. The van der Waals surface area contributed by atoms with Crippen LogP contribution >= 0.6 is 7.92 Å². The Balaban J connectivity index is 0. The van der Waals surface area contributed by atoms with Crippen molar-refractivity contribution in [3.63, 3.8) is 0 Å². The van der Waals surface area contributed by atoms with E-state index in [1.807, 2.05) is 0 Å². The van der Waals surface area contributed by atoms with Gasteiger partial charge in [0.25, 0.3) is 0 Å². The fraction of sp³-hybridized carbons (Fsp3) is 0.480. The number of hydrogen-bond donors (Lipinski definition) is 0. The number of hydrogen-bond acceptors (Lipinski definition) is 0. The quantitative estimate of drug-likeness (QED) is 0.304.